The number of alkyl carbamates (subject to hydrolysis) is 1. The van der Waals surface area contributed by atoms with E-state index in [2.05, 4.69) is 20.6 Å². The van der Waals surface area contributed by atoms with Crippen LogP contribution in [0.15, 0.2) is 91.5 Å². The van der Waals surface area contributed by atoms with Crippen LogP contribution in [-0.2, 0) is 17.9 Å². The number of rotatable bonds is 7. The first kappa shape index (κ1) is 22.5. The Morgan fingerprint density at radius 2 is 1.62 bits per heavy atom. The molecule has 0 unspecified atom stereocenters. The fourth-order valence-electron chi connectivity index (χ4n) is 3.17. The number of phenols is 1. The van der Waals surface area contributed by atoms with Gasteiger partial charge in [0, 0.05) is 42.5 Å². The number of aromatic nitrogens is 2. The largest absolute Gasteiger partial charge is 0.506 e. The second kappa shape index (κ2) is 10.7. The lowest BCUT2D eigenvalue weighted by Gasteiger charge is -2.11. The molecule has 0 aliphatic carbocycles. The van der Waals surface area contributed by atoms with Crippen LogP contribution in [0.5, 0.6) is 5.75 Å². The van der Waals surface area contributed by atoms with Crippen molar-refractivity contribution >= 4 is 17.7 Å². The number of carbonyl (C=O) groups excluding carboxylic acids is 2. The smallest absolute Gasteiger partial charge is 0.407 e. The van der Waals surface area contributed by atoms with Crippen molar-refractivity contribution < 1.29 is 19.4 Å². The summed E-state index contributed by atoms with van der Waals surface area (Å²) in [4.78, 5) is 32.6. The van der Waals surface area contributed by atoms with Crippen molar-refractivity contribution in [2.45, 2.75) is 13.2 Å². The highest BCUT2D eigenvalue weighted by atomic mass is 16.5. The molecule has 8 nitrogen and oxygen atoms in total. The predicted octanol–water partition coefficient (Wildman–Crippen LogP) is 4.53. The van der Waals surface area contributed by atoms with Crippen LogP contribution in [0.4, 0.5) is 10.5 Å². The summed E-state index contributed by atoms with van der Waals surface area (Å²) < 4.78 is 5.21. The van der Waals surface area contributed by atoms with Gasteiger partial charge in [-0.25, -0.2) is 4.79 Å². The molecule has 0 saturated heterocycles. The lowest BCUT2D eigenvalue weighted by atomic mass is 10.1. The molecule has 2 aromatic heterocycles. The molecule has 0 aliphatic rings. The molecule has 0 fully saturated rings. The van der Waals surface area contributed by atoms with Gasteiger partial charge in [-0.1, -0.05) is 30.3 Å². The van der Waals surface area contributed by atoms with Gasteiger partial charge in [-0.05, 0) is 53.1 Å². The minimum Gasteiger partial charge on any atom is -0.506 e. The normalized spacial score (nSPS) is 10.4. The zero-order valence-electron chi connectivity index (χ0n) is 18.1. The number of anilines is 1. The highest BCUT2D eigenvalue weighted by Gasteiger charge is 2.11. The monoisotopic (exact) mass is 454 g/mol. The predicted molar refractivity (Wildman–Crippen MR) is 127 cm³/mol. The Morgan fingerprint density at radius 3 is 2.32 bits per heavy atom. The summed E-state index contributed by atoms with van der Waals surface area (Å²) in [6.45, 7) is 0.384. The van der Waals surface area contributed by atoms with E-state index in [1.165, 1.54) is 6.07 Å². The Morgan fingerprint density at radius 1 is 0.853 bits per heavy atom. The van der Waals surface area contributed by atoms with Crippen molar-refractivity contribution in [3.05, 3.63) is 108 Å². The standard InChI is InChI=1S/C26H22N4O4/c31-24-10-9-21(22-4-2-12-28-16-22)13-23(24)30-25(32)20-7-5-18(6-8-20)17-34-26(33)29-15-19-3-1-11-27-14-19/h1-14,16,31H,15,17H2,(H,29,33)(H,30,32). The third-order valence-corrected chi connectivity index (χ3v) is 4.99. The van der Waals surface area contributed by atoms with Crippen molar-refractivity contribution in [3.63, 3.8) is 0 Å². The van der Waals surface area contributed by atoms with Gasteiger partial charge in [-0.2, -0.15) is 0 Å². The molecular weight excluding hydrogens is 432 g/mol. The summed E-state index contributed by atoms with van der Waals surface area (Å²) in [7, 11) is 0. The summed E-state index contributed by atoms with van der Waals surface area (Å²) in [5.74, 6) is -0.413. The number of phenolic OH excluding ortho intramolecular Hbond substituents is 1. The zero-order valence-corrected chi connectivity index (χ0v) is 18.1. The van der Waals surface area contributed by atoms with Gasteiger partial charge in [-0.15, -0.1) is 0 Å². The fourth-order valence-corrected chi connectivity index (χ4v) is 3.17. The summed E-state index contributed by atoms with van der Waals surface area (Å²) in [6, 6.07) is 19.0. The molecule has 34 heavy (non-hydrogen) atoms. The number of hydrogen-bond donors (Lipinski definition) is 3. The minimum atomic E-state index is -0.547. The van der Waals surface area contributed by atoms with Gasteiger partial charge in [0.2, 0.25) is 0 Å². The second-order valence-corrected chi connectivity index (χ2v) is 7.42. The maximum Gasteiger partial charge on any atom is 0.407 e. The van der Waals surface area contributed by atoms with E-state index < -0.39 is 6.09 Å². The Balaban J connectivity index is 1.32. The molecule has 2 amide bonds. The van der Waals surface area contributed by atoms with E-state index in [-0.39, 0.29) is 18.3 Å². The maximum atomic E-state index is 12.7. The first-order chi connectivity index (χ1) is 16.6. The number of aromatic hydroxyl groups is 1. The summed E-state index contributed by atoms with van der Waals surface area (Å²) in [5.41, 5.74) is 3.98. The molecule has 170 valence electrons. The van der Waals surface area contributed by atoms with Gasteiger partial charge < -0.3 is 20.5 Å². The molecule has 4 rings (SSSR count). The van der Waals surface area contributed by atoms with Crippen LogP contribution in [-0.4, -0.2) is 27.1 Å². The van der Waals surface area contributed by atoms with Gasteiger partial charge >= 0.3 is 6.09 Å². The first-order valence-corrected chi connectivity index (χ1v) is 10.5. The van der Waals surface area contributed by atoms with E-state index in [0.717, 1.165) is 22.3 Å². The molecule has 0 aliphatic heterocycles. The van der Waals surface area contributed by atoms with Crippen molar-refractivity contribution in [1.82, 2.24) is 15.3 Å². The molecule has 0 bridgehead atoms. The van der Waals surface area contributed by atoms with E-state index in [1.807, 2.05) is 18.2 Å². The van der Waals surface area contributed by atoms with E-state index in [0.29, 0.717) is 17.8 Å². The molecule has 4 aromatic rings. The average molecular weight is 454 g/mol. The summed E-state index contributed by atoms with van der Waals surface area (Å²) in [5, 5.41) is 15.6. The zero-order chi connectivity index (χ0) is 23.8. The molecular formula is C26H22N4O4. The average Bonchev–Trinajstić information content (AvgIpc) is 2.89. The Labute approximate surface area is 196 Å². The molecule has 2 heterocycles. The first-order valence-electron chi connectivity index (χ1n) is 10.5. The second-order valence-electron chi connectivity index (χ2n) is 7.42. The van der Waals surface area contributed by atoms with Crippen molar-refractivity contribution in [1.29, 1.82) is 0 Å². The highest BCUT2D eigenvalue weighted by Crippen LogP contribution is 2.29. The number of pyridine rings is 2. The summed E-state index contributed by atoms with van der Waals surface area (Å²) >= 11 is 0. The number of benzene rings is 2. The van der Waals surface area contributed by atoms with Crippen LogP contribution >= 0.6 is 0 Å². The van der Waals surface area contributed by atoms with Gasteiger partial charge in [0.25, 0.3) is 5.91 Å². The number of hydrogen-bond acceptors (Lipinski definition) is 6. The number of nitrogens with one attached hydrogen (secondary N) is 2. The third kappa shape index (κ3) is 5.95. The number of amides is 2. The van der Waals surface area contributed by atoms with Gasteiger partial charge in [-0.3, -0.25) is 14.8 Å². The maximum absolute atomic E-state index is 12.7. The molecule has 8 heteroatoms. The Hall–Kier alpha value is -4.72. The van der Waals surface area contributed by atoms with Crippen LogP contribution in [0.2, 0.25) is 0 Å². The fraction of sp³-hybridized carbons (Fsp3) is 0.0769. The number of ether oxygens (including phenoxy) is 1. The topological polar surface area (TPSA) is 113 Å². The highest BCUT2D eigenvalue weighted by molar-refractivity contribution is 6.05. The SMILES string of the molecule is O=C(NCc1cccnc1)OCc1ccc(C(=O)Nc2cc(-c3cccnc3)ccc2O)cc1. The molecule has 2 aromatic carbocycles. The van der Waals surface area contributed by atoms with Gasteiger partial charge in [0.1, 0.15) is 12.4 Å². The molecule has 0 spiro atoms. The van der Waals surface area contributed by atoms with Gasteiger partial charge in [0.15, 0.2) is 0 Å². The van der Waals surface area contributed by atoms with Crippen molar-refractivity contribution in [2.75, 3.05) is 5.32 Å². The van der Waals surface area contributed by atoms with Gasteiger partial charge in [0.05, 0.1) is 5.69 Å². The van der Waals surface area contributed by atoms with E-state index in [1.54, 1.807) is 67.3 Å². The van der Waals surface area contributed by atoms with Crippen LogP contribution < -0.4 is 10.6 Å². The molecule has 3 N–H and O–H groups in total. The quantitative estimate of drug-likeness (QED) is 0.354. The molecule has 0 atom stereocenters. The van der Waals surface area contributed by atoms with E-state index in [9.17, 15) is 14.7 Å². The van der Waals surface area contributed by atoms with E-state index in [4.69, 9.17) is 4.74 Å². The Bertz CT molecular complexity index is 1260. The number of nitrogens with zero attached hydrogens (tertiary/aromatic N) is 2. The van der Waals surface area contributed by atoms with Crippen LogP contribution in [0.25, 0.3) is 11.1 Å². The van der Waals surface area contributed by atoms with Crippen LogP contribution in [0.1, 0.15) is 21.5 Å². The van der Waals surface area contributed by atoms with E-state index >= 15 is 0 Å². The van der Waals surface area contributed by atoms with Crippen molar-refractivity contribution in [2.24, 2.45) is 0 Å². The van der Waals surface area contributed by atoms with Crippen LogP contribution in [0.3, 0.4) is 0 Å². The Kier molecular flexibility index (Phi) is 7.09. The van der Waals surface area contributed by atoms with Crippen LogP contribution in [0, 0.1) is 0 Å². The van der Waals surface area contributed by atoms with Crippen molar-refractivity contribution in [3.8, 4) is 16.9 Å². The number of carbonyl (C=O) groups is 2. The lowest BCUT2D eigenvalue weighted by Crippen LogP contribution is -2.23. The lowest BCUT2D eigenvalue weighted by molar-refractivity contribution is 0.102. The summed E-state index contributed by atoms with van der Waals surface area (Å²) in [6.07, 6.45) is 6.16. The minimum absolute atomic E-state index is 0.0386. The molecule has 0 saturated carbocycles. The molecule has 0 radical (unpaired) electrons. The third-order valence-electron chi connectivity index (χ3n) is 4.99.